The van der Waals surface area contributed by atoms with Crippen LogP contribution in [0.3, 0.4) is 0 Å². The topological polar surface area (TPSA) is 63.2 Å². The third-order valence-corrected chi connectivity index (χ3v) is 1.85. The minimum Gasteiger partial charge on any atom is -0.383 e. The van der Waals surface area contributed by atoms with Gasteiger partial charge in [-0.15, -0.1) is 0 Å². The highest BCUT2D eigenvalue weighted by Crippen LogP contribution is 2.07. The number of pyridine rings is 1. The minimum atomic E-state index is -0.189. The Kier molecular flexibility index (Phi) is 4.56. The number of ether oxygens (including phenoxy) is 1. The average molecular weight is 209 g/mol. The summed E-state index contributed by atoms with van der Waals surface area (Å²) in [6, 6.07) is 3.51. The van der Waals surface area contributed by atoms with Crippen molar-refractivity contribution in [3.05, 3.63) is 24.0 Å². The Labute approximate surface area is 88.9 Å². The van der Waals surface area contributed by atoms with E-state index in [0.29, 0.717) is 18.8 Å². The van der Waals surface area contributed by atoms with Crippen LogP contribution >= 0.6 is 0 Å². The Morgan fingerprint density at radius 3 is 3.07 bits per heavy atom. The molecule has 0 saturated carbocycles. The van der Waals surface area contributed by atoms with E-state index in [1.165, 1.54) is 0 Å². The SMILES string of the molecule is CNC(=O)c1cc(NCCOC)ccn1. The molecule has 0 atom stereocenters. The summed E-state index contributed by atoms with van der Waals surface area (Å²) in [6.45, 7) is 1.32. The van der Waals surface area contributed by atoms with Crippen LogP contribution in [0.5, 0.6) is 0 Å². The molecule has 1 heterocycles. The summed E-state index contributed by atoms with van der Waals surface area (Å²) in [6.07, 6.45) is 1.60. The number of methoxy groups -OCH3 is 1. The van der Waals surface area contributed by atoms with E-state index >= 15 is 0 Å². The zero-order chi connectivity index (χ0) is 11.1. The summed E-state index contributed by atoms with van der Waals surface area (Å²) in [5.41, 5.74) is 1.26. The summed E-state index contributed by atoms with van der Waals surface area (Å²) >= 11 is 0. The van der Waals surface area contributed by atoms with E-state index in [4.69, 9.17) is 4.74 Å². The van der Waals surface area contributed by atoms with Crippen LogP contribution in [0.15, 0.2) is 18.3 Å². The third-order valence-electron chi connectivity index (χ3n) is 1.85. The maximum Gasteiger partial charge on any atom is 0.269 e. The first-order valence-corrected chi connectivity index (χ1v) is 4.69. The van der Waals surface area contributed by atoms with E-state index in [1.807, 2.05) is 6.07 Å². The summed E-state index contributed by atoms with van der Waals surface area (Å²) in [5.74, 6) is -0.189. The van der Waals surface area contributed by atoms with Crippen molar-refractivity contribution in [3.63, 3.8) is 0 Å². The third kappa shape index (κ3) is 3.55. The predicted molar refractivity (Wildman–Crippen MR) is 58.0 cm³/mol. The molecular formula is C10H15N3O2. The van der Waals surface area contributed by atoms with Crippen LogP contribution in [0.25, 0.3) is 0 Å². The molecule has 0 unspecified atom stereocenters. The van der Waals surface area contributed by atoms with E-state index in [9.17, 15) is 4.79 Å². The van der Waals surface area contributed by atoms with Gasteiger partial charge in [-0.05, 0) is 12.1 Å². The molecule has 1 rings (SSSR count). The zero-order valence-electron chi connectivity index (χ0n) is 8.91. The van der Waals surface area contributed by atoms with Crippen molar-refractivity contribution >= 4 is 11.6 Å². The second-order valence-electron chi connectivity index (χ2n) is 2.93. The van der Waals surface area contributed by atoms with Crippen LogP contribution < -0.4 is 10.6 Å². The number of hydrogen-bond acceptors (Lipinski definition) is 4. The van der Waals surface area contributed by atoms with Crippen LogP contribution in [0.1, 0.15) is 10.5 Å². The largest absolute Gasteiger partial charge is 0.383 e. The van der Waals surface area contributed by atoms with Gasteiger partial charge in [0.15, 0.2) is 0 Å². The molecule has 0 bridgehead atoms. The number of aromatic nitrogens is 1. The van der Waals surface area contributed by atoms with Gasteiger partial charge in [-0.1, -0.05) is 0 Å². The highest BCUT2D eigenvalue weighted by molar-refractivity contribution is 5.92. The fourth-order valence-electron chi connectivity index (χ4n) is 1.09. The van der Waals surface area contributed by atoms with Crippen molar-refractivity contribution in [1.82, 2.24) is 10.3 Å². The van der Waals surface area contributed by atoms with Crippen molar-refractivity contribution in [1.29, 1.82) is 0 Å². The van der Waals surface area contributed by atoms with Crippen LogP contribution in [0, 0.1) is 0 Å². The number of hydrogen-bond donors (Lipinski definition) is 2. The molecule has 1 aromatic heterocycles. The second kappa shape index (κ2) is 5.98. The predicted octanol–water partition coefficient (Wildman–Crippen LogP) is 0.499. The van der Waals surface area contributed by atoms with Gasteiger partial charge in [0.1, 0.15) is 5.69 Å². The summed E-state index contributed by atoms with van der Waals surface area (Å²) < 4.78 is 4.91. The van der Waals surface area contributed by atoms with Crippen molar-refractivity contribution in [2.45, 2.75) is 0 Å². The van der Waals surface area contributed by atoms with Crippen molar-refractivity contribution in [2.24, 2.45) is 0 Å². The van der Waals surface area contributed by atoms with E-state index in [1.54, 1.807) is 26.4 Å². The fraction of sp³-hybridized carbons (Fsp3) is 0.400. The Hall–Kier alpha value is -1.62. The smallest absolute Gasteiger partial charge is 0.269 e. The molecule has 0 aliphatic heterocycles. The van der Waals surface area contributed by atoms with Gasteiger partial charge in [0.05, 0.1) is 6.61 Å². The molecule has 2 N–H and O–H groups in total. The van der Waals surface area contributed by atoms with Gasteiger partial charge < -0.3 is 15.4 Å². The Balaban J connectivity index is 2.62. The first-order chi connectivity index (χ1) is 7.27. The summed E-state index contributed by atoms with van der Waals surface area (Å²) in [4.78, 5) is 15.2. The van der Waals surface area contributed by atoms with E-state index in [0.717, 1.165) is 5.69 Å². The zero-order valence-corrected chi connectivity index (χ0v) is 8.91. The fourth-order valence-corrected chi connectivity index (χ4v) is 1.09. The van der Waals surface area contributed by atoms with Crippen LogP contribution in [0.4, 0.5) is 5.69 Å². The molecule has 0 aliphatic carbocycles. The molecule has 1 aromatic rings. The normalized spacial score (nSPS) is 9.73. The maximum absolute atomic E-state index is 11.3. The molecule has 0 fully saturated rings. The average Bonchev–Trinajstić information content (AvgIpc) is 2.29. The number of nitrogens with zero attached hydrogens (tertiary/aromatic N) is 1. The van der Waals surface area contributed by atoms with Crippen LogP contribution in [-0.4, -0.2) is 38.2 Å². The van der Waals surface area contributed by atoms with Gasteiger partial charge in [-0.2, -0.15) is 0 Å². The molecule has 1 amide bonds. The standard InChI is InChI=1S/C10H15N3O2/c1-11-10(14)9-7-8(3-4-13-9)12-5-6-15-2/h3-4,7H,5-6H2,1-2H3,(H,11,14)(H,12,13). The van der Waals surface area contributed by atoms with Gasteiger partial charge in [0.25, 0.3) is 5.91 Å². The van der Waals surface area contributed by atoms with Crippen LogP contribution in [-0.2, 0) is 4.74 Å². The van der Waals surface area contributed by atoms with Gasteiger partial charge in [0, 0.05) is 32.6 Å². The Morgan fingerprint density at radius 1 is 1.60 bits per heavy atom. The molecule has 0 spiro atoms. The molecule has 15 heavy (non-hydrogen) atoms. The van der Waals surface area contributed by atoms with Crippen molar-refractivity contribution in [2.75, 3.05) is 32.6 Å². The quantitative estimate of drug-likeness (QED) is 0.693. The van der Waals surface area contributed by atoms with Gasteiger partial charge in [-0.25, -0.2) is 0 Å². The molecule has 0 aromatic carbocycles. The summed E-state index contributed by atoms with van der Waals surface area (Å²) in [5, 5.41) is 5.64. The monoisotopic (exact) mass is 209 g/mol. The molecule has 0 saturated heterocycles. The number of rotatable bonds is 5. The highest BCUT2D eigenvalue weighted by atomic mass is 16.5. The molecule has 0 aliphatic rings. The van der Waals surface area contributed by atoms with E-state index < -0.39 is 0 Å². The van der Waals surface area contributed by atoms with E-state index in [2.05, 4.69) is 15.6 Å². The van der Waals surface area contributed by atoms with E-state index in [-0.39, 0.29) is 5.91 Å². The molecule has 5 heteroatoms. The first kappa shape index (κ1) is 11.5. The molecular weight excluding hydrogens is 194 g/mol. The van der Waals surface area contributed by atoms with Gasteiger partial charge in [-0.3, -0.25) is 9.78 Å². The Morgan fingerprint density at radius 2 is 2.40 bits per heavy atom. The number of nitrogens with one attached hydrogen (secondary N) is 2. The number of anilines is 1. The lowest BCUT2D eigenvalue weighted by Gasteiger charge is -2.06. The number of carbonyl (C=O) groups excluding carboxylic acids is 1. The lowest BCUT2D eigenvalue weighted by Crippen LogP contribution is -2.19. The summed E-state index contributed by atoms with van der Waals surface area (Å²) in [7, 11) is 3.22. The lowest BCUT2D eigenvalue weighted by atomic mass is 10.3. The molecule has 0 radical (unpaired) electrons. The van der Waals surface area contributed by atoms with Gasteiger partial charge in [0.2, 0.25) is 0 Å². The number of carbonyl (C=O) groups is 1. The van der Waals surface area contributed by atoms with Gasteiger partial charge >= 0.3 is 0 Å². The first-order valence-electron chi connectivity index (χ1n) is 4.69. The number of amides is 1. The molecule has 82 valence electrons. The highest BCUT2D eigenvalue weighted by Gasteiger charge is 2.04. The lowest BCUT2D eigenvalue weighted by molar-refractivity contribution is 0.0958. The minimum absolute atomic E-state index is 0.189. The maximum atomic E-state index is 11.3. The van der Waals surface area contributed by atoms with Crippen molar-refractivity contribution < 1.29 is 9.53 Å². The molecule has 5 nitrogen and oxygen atoms in total. The van der Waals surface area contributed by atoms with Crippen molar-refractivity contribution in [3.8, 4) is 0 Å². The second-order valence-corrected chi connectivity index (χ2v) is 2.93. The Bertz CT molecular complexity index is 328. The van der Waals surface area contributed by atoms with Crippen LogP contribution in [0.2, 0.25) is 0 Å².